The molecule has 0 atom stereocenters. The number of benzene rings is 1. The zero-order chi connectivity index (χ0) is 23.3. The molecule has 0 spiro atoms. The van der Waals surface area contributed by atoms with E-state index in [0.29, 0.717) is 30.4 Å². The number of rotatable bonds is 9. The van der Waals surface area contributed by atoms with Crippen molar-refractivity contribution in [3.63, 3.8) is 0 Å². The number of nitrogens with zero attached hydrogens (tertiary/aromatic N) is 4. The maximum atomic E-state index is 13.1. The van der Waals surface area contributed by atoms with Crippen LogP contribution in [0.3, 0.4) is 0 Å². The van der Waals surface area contributed by atoms with E-state index in [1.807, 2.05) is 0 Å². The molecule has 0 radical (unpaired) electrons. The van der Waals surface area contributed by atoms with E-state index in [2.05, 4.69) is 22.0 Å². The number of carbonyl (C=O) groups is 2. The average molecular weight is 484 g/mol. The van der Waals surface area contributed by atoms with Gasteiger partial charge < -0.3 is 20.0 Å². The molecule has 2 fully saturated rings. The first-order chi connectivity index (χ1) is 15.3. The normalized spacial score (nSPS) is 17.9. The van der Waals surface area contributed by atoms with Crippen LogP contribution in [-0.2, 0) is 19.6 Å². The highest BCUT2D eigenvalue weighted by molar-refractivity contribution is 8.00. The second-order valence-corrected chi connectivity index (χ2v) is 10.7. The van der Waals surface area contributed by atoms with Gasteiger partial charge in [0.05, 0.1) is 27.9 Å². The van der Waals surface area contributed by atoms with Gasteiger partial charge in [-0.25, -0.2) is 8.42 Å². The Bertz CT molecular complexity index is 928. The fraction of sp³-hybridized carbons (Fsp3) is 0.619. The summed E-state index contributed by atoms with van der Waals surface area (Å²) in [4.78, 5) is 30.8. The summed E-state index contributed by atoms with van der Waals surface area (Å²) >= 11 is 1.48. The number of nitrogens with one attached hydrogen (secondary N) is 1. The molecule has 2 aliphatic rings. The van der Waals surface area contributed by atoms with Crippen molar-refractivity contribution in [3.8, 4) is 0 Å². The summed E-state index contributed by atoms with van der Waals surface area (Å²) in [5.74, 6) is 0.498. The molecule has 32 heavy (non-hydrogen) atoms. The van der Waals surface area contributed by atoms with Crippen LogP contribution in [0.2, 0.25) is 0 Å². The fourth-order valence-electron chi connectivity index (χ4n) is 3.97. The van der Waals surface area contributed by atoms with Crippen molar-refractivity contribution in [1.82, 2.24) is 14.1 Å². The van der Waals surface area contributed by atoms with Gasteiger partial charge in [-0.3, -0.25) is 9.59 Å². The number of carbonyl (C=O) groups excluding carboxylic acids is 2. The number of sulfonamides is 1. The Morgan fingerprint density at radius 3 is 2.38 bits per heavy atom. The van der Waals surface area contributed by atoms with Gasteiger partial charge in [-0.05, 0) is 24.7 Å². The first kappa shape index (κ1) is 24.8. The highest BCUT2D eigenvalue weighted by Crippen LogP contribution is 2.31. The van der Waals surface area contributed by atoms with Crippen LogP contribution < -0.4 is 10.2 Å². The SMILES string of the molecule is CCN1CCN(c2ccc(S(=O)(=O)N(CC)CC)cc2NC(=O)CN2CSCC2=O)CC1. The summed E-state index contributed by atoms with van der Waals surface area (Å²) in [5, 5.41) is 2.89. The van der Waals surface area contributed by atoms with E-state index >= 15 is 0 Å². The van der Waals surface area contributed by atoms with E-state index in [1.165, 1.54) is 21.0 Å². The molecule has 9 nitrogen and oxygen atoms in total. The van der Waals surface area contributed by atoms with Crippen LogP contribution in [0.4, 0.5) is 11.4 Å². The molecule has 0 unspecified atom stereocenters. The Balaban J connectivity index is 1.88. The molecule has 3 rings (SSSR count). The highest BCUT2D eigenvalue weighted by atomic mass is 32.2. The lowest BCUT2D eigenvalue weighted by atomic mass is 10.2. The Kier molecular flexibility index (Phi) is 8.43. The van der Waals surface area contributed by atoms with Crippen molar-refractivity contribution in [3.05, 3.63) is 18.2 Å². The minimum absolute atomic E-state index is 0.0398. The van der Waals surface area contributed by atoms with E-state index in [-0.39, 0.29) is 23.3 Å². The monoisotopic (exact) mass is 483 g/mol. The predicted octanol–water partition coefficient (Wildman–Crippen LogP) is 1.33. The van der Waals surface area contributed by atoms with Gasteiger partial charge in [0.15, 0.2) is 0 Å². The number of anilines is 2. The smallest absolute Gasteiger partial charge is 0.244 e. The Morgan fingerprint density at radius 2 is 1.81 bits per heavy atom. The van der Waals surface area contributed by atoms with E-state index in [4.69, 9.17) is 0 Å². The molecule has 0 saturated carbocycles. The van der Waals surface area contributed by atoms with Gasteiger partial charge in [0.25, 0.3) is 0 Å². The molecule has 178 valence electrons. The molecule has 0 bridgehead atoms. The average Bonchev–Trinajstić information content (AvgIpc) is 3.18. The summed E-state index contributed by atoms with van der Waals surface area (Å²) in [6.07, 6.45) is 0. The lowest BCUT2D eigenvalue weighted by molar-refractivity contribution is -0.130. The molecular weight excluding hydrogens is 450 g/mol. The Hall–Kier alpha value is -1.82. The number of likely N-dealkylation sites (N-methyl/N-ethyl adjacent to an activating group) is 1. The van der Waals surface area contributed by atoms with Crippen LogP contribution in [0.25, 0.3) is 0 Å². The van der Waals surface area contributed by atoms with Crippen LogP contribution >= 0.6 is 11.8 Å². The number of hydrogen-bond acceptors (Lipinski definition) is 7. The van der Waals surface area contributed by atoms with E-state index < -0.39 is 10.0 Å². The Morgan fingerprint density at radius 1 is 1.12 bits per heavy atom. The van der Waals surface area contributed by atoms with Gasteiger partial charge in [-0.1, -0.05) is 20.8 Å². The molecular formula is C21H33N5O4S2. The van der Waals surface area contributed by atoms with Crippen LogP contribution in [0.5, 0.6) is 0 Å². The number of hydrogen-bond donors (Lipinski definition) is 1. The molecule has 1 aromatic rings. The third-order valence-electron chi connectivity index (χ3n) is 5.91. The number of thioether (sulfide) groups is 1. The predicted molar refractivity (Wildman–Crippen MR) is 129 cm³/mol. The second-order valence-electron chi connectivity index (χ2n) is 7.81. The van der Waals surface area contributed by atoms with Gasteiger partial charge in [0, 0.05) is 39.3 Å². The summed E-state index contributed by atoms with van der Waals surface area (Å²) in [6.45, 7) is 10.8. The fourth-order valence-corrected chi connectivity index (χ4v) is 6.36. The third kappa shape index (κ3) is 5.56. The van der Waals surface area contributed by atoms with Crippen molar-refractivity contribution in [2.24, 2.45) is 0 Å². The summed E-state index contributed by atoms with van der Waals surface area (Å²) in [5.41, 5.74) is 1.27. The molecule has 2 aliphatic heterocycles. The molecule has 2 heterocycles. The van der Waals surface area contributed by atoms with Crippen molar-refractivity contribution in [2.45, 2.75) is 25.7 Å². The summed E-state index contributed by atoms with van der Waals surface area (Å²) < 4.78 is 27.5. The zero-order valence-corrected chi connectivity index (χ0v) is 20.7. The van der Waals surface area contributed by atoms with Gasteiger partial charge in [0.2, 0.25) is 21.8 Å². The van der Waals surface area contributed by atoms with Crippen LogP contribution in [-0.4, -0.2) is 98.3 Å². The minimum atomic E-state index is -3.66. The van der Waals surface area contributed by atoms with Crippen LogP contribution in [0.1, 0.15) is 20.8 Å². The lowest BCUT2D eigenvalue weighted by Crippen LogP contribution is -2.46. The van der Waals surface area contributed by atoms with Crippen molar-refractivity contribution in [2.75, 3.05) is 74.2 Å². The van der Waals surface area contributed by atoms with E-state index in [0.717, 1.165) is 38.4 Å². The van der Waals surface area contributed by atoms with Gasteiger partial charge in [-0.2, -0.15) is 4.31 Å². The van der Waals surface area contributed by atoms with Gasteiger partial charge in [-0.15, -0.1) is 11.8 Å². The molecule has 1 aromatic carbocycles. The molecule has 1 N–H and O–H groups in total. The van der Waals surface area contributed by atoms with Crippen molar-refractivity contribution < 1.29 is 18.0 Å². The summed E-state index contributed by atoms with van der Waals surface area (Å²) in [6, 6.07) is 4.95. The first-order valence-corrected chi connectivity index (χ1v) is 13.7. The maximum absolute atomic E-state index is 13.1. The van der Waals surface area contributed by atoms with Crippen LogP contribution in [0.15, 0.2) is 23.1 Å². The van der Waals surface area contributed by atoms with Crippen molar-refractivity contribution in [1.29, 1.82) is 0 Å². The second kappa shape index (κ2) is 10.9. The van der Waals surface area contributed by atoms with E-state index in [9.17, 15) is 18.0 Å². The van der Waals surface area contributed by atoms with Gasteiger partial charge >= 0.3 is 0 Å². The van der Waals surface area contributed by atoms with Gasteiger partial charge in [0.1, 0.15) is 6.54 Å². The van der Waals surface area contributed by atoms with E-state index in [1.54, 1.807) is 32.0 Å². The zero-order valence-electron chi connectivity index (χ0n) is 19.0. The Labute approximate surface area is 195 Å². The van der Waals surface area contributed by atoms with Crippen molar-refractivity contribution >= 4 is 45.0 Å². The quantitative estimate of drug-likeness (QED) is 0.566. The third-order valence-corrected chi connectivity index (χ3v) is 8.90. The summed E-state index contributed by atoms with van der Waals surface area (Å²) in [7, 11) is -3.66. The number of piperazine rings is 1. The first-order valence-electron chi connectivity index (χ1n) is 11.1. The molecule has 0 aliphatic carbocycles. The molecule has 2 amide bonds. The topological polar surface area (TPSA) is 93.3 Å². The lowest BCUT2D eigenvalue weighted by Gasteiger charge is -2.36. The highest BCUT2D eigenvalue weighted by Gasteiger charge is 2.27. The standard InChI is InChI=1S/C21H33N5O4S2/c1-4-23-9-11-24(12-10-23)19-8-7-17(32(29,30)26(5-2)6-3)13-18(19)22-20(27)14-25-16-31-15-21(25)28/h7-8,13H,4-6,9-12,14-16H2,1-3H3,(H,22,27). The van der Waals surface area contributed by atoms with Crippen LogP contribution in [0, 0.1) is 0 Å². The molecule has 2 saturated heterocycles. The largest absolute Gasteiger partial charge is 0.367 e. The maximum Gasteiger partial charge on any atom is 0.244 e. The molecule has 0 aromatic heterocycles. The number of amides is 2. The molecule has 11 heteroatoms. The minimum Gasteiger partial charge on any atom is -0.367 e.